The van der Waals surface area contributed by atoms with Gasteiger partial charge in [-0.2, -0.15) is 5.26 Å². The van der Waals surface area contributed by atoms with Crippen LogP contribution in [0.3, 0.4) is 0 Å². The third-order valence-electron chi connectivity index (χ3n) is 2.73. The molecule has 102 valence electrons. The highest BCUT2D eigenvalue weighted by Crippen LogP contribution is 2.26. The number of hydrogen-bond acceptors (Lipinski definition) is 3. The number of carbonyl (C=O) groups excluding carboxylic acids is 1. The first-order valence-electron chi connectivity index (χ1n) is 6.03. The lowest BCUT2D eigenvalue weighted by molar-refractivity contribution is -0.142. The SMILES string of the molecule is CCOC(=O)Cc1cc(C(F)F)cc(C#N)c1CC. The quantitative estimate of drug-likeness (QED) is 0.770. The van der Waals surface area contributed by atoms with Crippen LogP contribution in [0.2, 0.25) is 0 Å². The van der Waals surface area contributed by atoms with E-state index in [0.29, 0.717) is 17.5 Å². The zero-order chi connectivity index (χ0) is 14.4. The Balaban J connectivity index is 3.23. The molecule has 0 N–H and O–H groups in total. The number of rotatable bonds is 5. The number of halogens is 2. The van der Waals surface area contributed by atoms with Crippen LogP contribution in [0.25, 0.3) is 0 Å². The van der Waals surface area contributed by atoms with Crippen LogP contribution in [-0.2, 0) is 22.4 Å². The van der Waals surface area contributed by atoms with Crippen molar-refractivity contribution >= 4 is 5.97 Å². The molecule has 0 saturated heterocycles. The number of ether oxygens (including phenoxy) is 1. The summed E-state index contributed by atoms with van der Waals surface area (Å²) in [6.45, 7) is 3.72. The van der Waals surface area contributed by atoms with E-state index in [4.69, 9.17) is 10.00 Å². The molecular weight excluding hydrogens is 252 g/mol. The Kier molecular flexibility index (Phi) is 5.43. The molecule has 0 atom stereocenters. The fourth-order valence-electron chi connectivity index (χ4n) is 1.93. The molecule has 0 fully saturated rings. The maximum atomic E-state index is 12.8. The fourth-order valence-corrected chi connectivity index (χ4v) is 1.93. The Morgan fingerprint density at radius 2 is 2.11 bits per heavy atom. The van der Waals surface area contributed by atoms with Crippen LogP contribution in [-0.4, -0.2) is 12.6 Å². The van der Waals surface area contributed by atoms with Gasteiger partial charge < -0.3 is 4.74 Å². The van der Waals surface area contributed by atoms with E-state index < -0.39 is 12.4 Å². The monoisotopic (exact) mass is 267 g/mol. The summed E-state index contributed by atoms with van der Waals surface area (Å²) in [7, 11) is 0. The molecular formula is C14H15F2NO2. The minimum absolute atomic E-state index is 0.0910. The van der Waals surface area contributed by atoms with Crippen LogP contribution >= 0.6 is 0 Å². The molecule has 0 aliphatic rings. The number of hydrogen-bond donors (Lipinski definition) is 0. The van der Waals surface area contributed by atoms with Crippen molar-refractivity contribution < 1.29 is 18.3 Å². The molecule has 0 spiro atoms. The molecule has 0 heterocycles. The van der Waals surface area contributed by atoms with Crippen LogP contribution in [0, 0.1) is 11.3 Å². The molecule has 1 rings (SSSR count). The predicted molar refractivity (Wildman–Crippen MR) is 65.8 cm³/mol. The average Bonchev–Trinajstić information content (AvgIpc) is 2.37. The Morgan fingerprint density at radius 3 is 2.58 bits per heavy atom. The van der Waals surface area contributed by atoms with Gasteiger partial charge in [0.1, 0.15) is 0 Å². The number of carbonyl (C=O) groups is 1. The summed E-state index contributed by atoms with van der Waals surface area (Å²) in [5.41, 5.74) is 1.02. The third-order valence-corrected chi connectivity index (χ3v) is 2.73. The highest BCUT2D eigenvalue weighted by molar-refractivity contribution is 5.73. The molecule has 5 heteroatoms. The second-order valence-electron chi connectivity index (χ2n) is 3.95. The van der Waals surface area contributed by atoms with E-state index in [1.165, 1.54) is 12.1 Å². The highest BCUT2D eigenvalue weighted by atomic mass is 19.3. The molecule has 3 nitrogen and oxygen atoms in total. The van der Waals surface area contributed by atoms with E-state index >= 15 is 0 Å². The molecule has 0 aliphatic carbocycles. The van der Waals surface area contributed by atoms with Crippen LogP contribution in [0.5, 0.6) is 0 Å². The molecule has 0 aliphatic heterocycles. The Morgan fingerprint density at radius 1 is 1.42 bits per heavy atom. The van der Waals surface area contributed by atoms with E-state index in [9.17, 15) is 13.6 Å². The maximum absolute atomic E-state index is 12.8. The summed E-state index contributed by atoms with van der Waals surface area (Å²) in [6.07, 6.45) is -2.26. The molecule has 0 bridgehead atoms. The first kappa shape index (κ1) is 15.1. The molecule has 0 radical (unpaired) electrons. The van der Waals surface area contributed by atoms with Gasteiger partial charge in [0.25, 0.3) is 6.43 Å². The smallest absolute Gasteiger partial charge is 0.310 e. The Bertz CT molecular complexity index is 507. The van der Waals surface area contributed by atoms with Crippen LogP contribution in [0.4, 0.5) is 8.78 Å². The summed E-state index contributed by atoms with van der Waals surface area (Å²) in [6, 6.07) is 4.36. The van der Waals surface area contributed by atoms with E-state index in [1.807, 2.05) is 13.0 Å². The molecule has 19 heavy (non-hydrogen) atoms. The van der Waals surface area contributed by atoms with Gasteiger partial charge in [-0.1, -0.05) is 6.92 Å². The lowest BCUT2D eigenvalue weighted by Crippen LogP contribution is -2.10. The van der Waals surface area contributed by atoms with Crippen molar-refractivity contribution in [1.82, 2.24) is 0 Å². The van der Waals surface area contributed by atoms with Crippen molar-refractivity contribution in [2.45, 2.75) is 33.1 Å². The summed E-state index contributed by atoms with van der Waals surface area (Å²) < 4.78 is 30.3. The van der Waals surface area contributed by atoms with Crippen molar-refractivity contribution in [3.8, 4) is 6.07 Å². The van der Waals surface area contributed by atoms with Crippen molar-refractivity contribution in [1.29, 1.82) is 5.26 Å². The molecule has 0 saturated carbocycles. The zero-order valence-corrected chi connectivity index (χ0v) is 10.9. The van der Waals surface area contributed by atoms with Gasteiger partial charge in [-0.05, 0) is 36.6 Å². The molecule has 1 aromatic carbocycles. The lowest BCUT2D eigenvalue weighted by Gasteiger charge is -2.12. The molecule has 0 unspecified atom stereocenters. The number of esters is 1. The number of alkyl halides is 2. The van der Waals surface area contributed by atoms with Gasteiger partial charge in [0.2, 0.25) is 0 Å². The Labute approximate surface area is 110 Å². The first-order valence-corrected chi connectivity index (χ1v) is 6.03. The van der Waals surface area contributed by atoms with Gasteiger partial charge in [0.05, 0.1) is 24.7 Å². The molecule has 0 aromatic heterocycles. The largest absolute Gasteiger partial charge is 0.466 e. The predicted octanol–water partition coefficient (Wildman–Crippen LogP) is 3.16. The van der Waals surface area contributed by atoms with Crippen LogP contribution in [0.1, 0.15) is 42.5 Å². The zero-order valence-electron chi connectivity index (χ0n) is 10.9. The second kappa shape index (κ2) is 6.83. The summed E-state index contributed by atoms with van der Waals surface area (Å²) in [4.78, 5) is 11.5. The normalized spacial score (nSPS) is 10.3. The number of benzene rings is 1. The maximum Gasteiger partial charge on any atom is 0.310 e. The molecule has 1 aromatic rings. The third kappa shape index (κ3) is 3.75. The summed E-state index contributed by atoms with van der Waals surface area (Å²) >= 11 is 0. The highest BCUT2D eigenvalue weighted by Gasteiger charge is 2.17. The van der Waals surface area contributed by atoms with Crippen LogP contribution in [0.15, 0.2) is 12.1 Å². The van der Waals surface area contributed by atoms with Crippen LogP contribution < -0.4 is 0 Å². The van der Waals surface area contributed by atoms with Gasteiger partial charge in [-0.3, -0.25) is 4.79 Å². The van der Waals surface area contributed by atoms with Gasteiger partial charge in [0, 0.05) is 5.56 Å². The van der Waals surface area contributed by atoms with Crippen molar-refractivity contribution in [2.75, 3.05) is 6.61 Å². The van der Waals surface area contributed by atoms with Gasteiger partial charge in [-0.25, -0.2) is 8.78 Å². The van der Waals surface area contributed by atoms with Crippen molar-refractivity contribution in [3.63, 3.8) is 0 Å². The van der Waals surface area contributed by atoms with Gasteiger partial charge in [-0.15, -0.1) is 0 Å². The van der Waals surface area contributed by atoms with Crippen molar-refractivity contribution in [2.24, 2.45) is 0 Å². The molecule has 0 amide bonds. The Hall–Kier alpha value is -1.96. The van der Waals surface area contributed by atoms with E-state index in [0.717, 1.165) is 0 Å². The fraction of sp³-hybridized carbons (Fsp3) is 0.429. The minimum Gasteiger partial charge on any atom is -0.466 e. The van der Waals surface area contributed by atoms with E-state index in [1.54, 1.807) is 6.92 Å². The standard InChI is InChI=1S/C14H15F2NO2/c1-3-12-9(7-13(18)19-4-2)5-10(14(15)16)6-11(12)8-17/h5-6,14H,3-4,7H2,1-2H3. The number of nitriles is 1. The number of nitrogens with zero attached hydrogens (tertiary/aromatic N) is 1. The minimum atomic E-state index is -2.67. The van der Waals surface area contributed by atoms with E-state index in [-0.39, 0.29) is 24.2 Å². The lowest BCUT2D eigenvalue weighted by atomic mass is 9.94. The van der Waals surface area contributed by atoms with Gasteiger partial charge >= 0.3 is 5.97 Å². The van der Waals surface area contributed by atoms with Crippen molar-refractivity contribution in [3.05, 3.63) is 34.4 Å². The average molecular weight is 267 g/mol. The summed E-state index contributed by atoms with van der Waals surface area (Å²) in [5, 5.41) is 9.01. The van der Waals surface area contributed by atoms with Gasteiger partial charge in [0.15, 0.2) is 0 Å². The topological polar surface area (TPSA) is 50.1 Å². The second-order valence-corrected chi connectivity index (χ2v) is 3.95. The summed E-state index contributed by atoms with van der Waals surface area (Å²) in [5.74, 6) is -0.479. The first-order chi connectivity index (χ1) is 9.03. The van der Waals surface area contributed by atoms with E-state index in [2.05, 4.69) is 0 Å².